The maximum atomic E-state index is 13.0. The Morgan fingerprint density at radius 2 is 1.78 bits per heavy atom. The molecule has 3 rings (SSSR count). The van der Waals surface area contributed by atoms with Gasteiger partial charge in [0.2, 0.25) is 5.91 Å². The minimum absolute atomic E-state index is 0.0465. The maximum absolute atomic E-state index is 13.0. The van der Waals surface area contributed by atoms with Crippen LogP contribution in [-0.4, -0.2) is 40.4 Å². The summed E-state index contributed by atoms with van der Waals surface area (Å²) in [4.78, 5) is 37.3. The molecule has 1 heterocycles. The summed E-state index contributed by atoms with van der Waals surface area (Å²) in [6, 6.07) is 7.14. The van der Waals surface area contributed by atoms with E-state index in [1.54, 1.807) is 24.3 Å². The van der Waals surface area contributed by atoms with Crippen molar-refractivity contribution in [2.24, 2.45) is 10.8 Å². The Bertz CT molecular complexity index is 756. The zero-order valence-corrected chi connectivity index (χ0v) is 16.2. The van der Waals surface area contributed by atoms with Gasteiger partial charge in [-0.15, -0.1) is 0 Å². The van der Waals surface area contributed by atoms with Crippen LogP contribution in [0.2, 0.25) is 0 Å². The molecule has 0 spiro atoms. The molecule has 2 amide bonds. The predicted molar refractivity (Wildman–Crippen MR) is 103 cm³/mol. The van der Waals surface area contributed by atoms with Crippen LogP contribution in [0.3, 0.4) is 0 Å². The highest BCUT2D eigenvalue weighted by atomic mass is 16.4. The molecule has 1 saturated heterocycles. The van der Waals surface area contributed by atoms with E-state index in [4.69, 9.17) is 5.11 Å². The largest absolute Gasteiger partial charge is 0.481 e. The lowest BCUT2D eigenvalue weighted by Gasteiger charge is -2.39. The predicted octanol–water partition coefficient (Wildman–Crippen LogP) is 3.53. The lowest BCUT2D eigenvalue weighted by molar-refractivity contribution is -0.138. The van der Waals surface area contributed by atoms with Crippen LogP contribution >= 0.6 is 0 Å². The highest BCUT2D eigenvalue weighted by molar-refractivity contribution is 5.96. The van der Waals surface area contributed by atoms with E-state index < -0.39 is 5.97 Å². The summed E-state index contributed by atoms with van der Waals surface area (Å²) in [7, 11) is 0. The number of nitrogens with one attached hydrogen (secondary N) is 1. The van der Waals surface area contributed by atoms with Crippen molar-refractivity contribution in [2.75, 3.05) is 11.9 Å². The van der Waals surface area contributed by atoms with E-state index in [0.29, 0.717) is 17.3 Å². The lowest BCUT2D eigenvalue weighted by atomic mass is 9.65. The summed E-state index contributed by atoms with van der Waals surface area (Å²) in [5.74, 6) is -1.30. The topological polar surface area (TPSA) is 86.7 Å². The molecule has 1 aliphatic heterocycles. The Kier molecular flexibility index (Phi) is 5.02. The zero-order chi connectivity index (χ0) is 19.8. The molecule has 6 nitrogen and oxygen atoms in total. The van der Waals surface area contributed by atoms with Crippen LogP contribution in [0.1, 0.15) is 63.2 Å². The minimum Gasteiger partial charge on any atom is -0.481 e. The van der Waals surface area contributed by atoms with E-state index in [9.17, 15) is 14.4 Å². The average Bonchev–Trinajstić information content (AvgIpc) is 2.82. The maximum Gasteiger partial charge on any atom is 0.303 e. The number of benzene rings is 1. The highest BCUT2D eigenvalue weighted by Gasteiger charge is 2.50. The number of carboxylic acids is 1. The molecule has 1 aromatic rings. The Morgan fingerprint density at radius 3 is 2.41 bits per heavy atom. The number of carbonyl (C=O) groups excluding carboxylic acids is 2. The van der Waals surface area contributed by atoms with E-state index >= 15 is 0 Å². The van der Waals surface area contributed by atoms with Crippen LogP contribution in [0.5, 0.6) is 0 Å². The van der Waals surface area contributed by atoms with E-state index in [1.807, 2.05) is 4.90 Å². The number of rotatable bonds is 5. The molecule has 27 heavy (non-hydrogen) atoms. The van der Waals surface area contributed by atoms with Gasteiger partial charge in [0.1, 0.15) is 0 Å². The number of hydrogen-bond donors (Lipinski definition) is 2. The van der Waals surface area contributed by atoms with Gasteiger partial charge >= 0.3 is 5.97 Å². The summed E-state index contributed by atoms with van der Waals surface area (Å²) in [6.45, 7) is 7.65. The molecule has 1 aromatic carbocycles. The van der Waals surface area contributed by atoms with Crippen molar-refractivity contribution in [2.45, 2.75) is 58.9 Å². The van der Waals surface area contributed by atoms with Crippen LogP contribution in [-0.2, 0) is 9.59 Å². The van der Waals surface area contributed by atoms with Crippen LogP contribution in [0.25, 0.3) is 0 Å². The molecule has 0 aromatic heterocycles. The number of fused-ring (bicyclic) bond motifs is 2. The summed E-state index contributed by atoms with van der Waals surface area (Å²) in [5, 5.41) is 11.3. The lowest BCUT2D eigenvalue weighted by Crippen LogP contribution is -2.37. The van der Waals surface area contributed by atoms with Crippen molar-refractivity contribution in [3.8, 4) is 0 Å². The van der Waals surface area contributed by atoms with E-state index in [2.05, 4.69) is 26.1 Å². The van der Waals surface area contributed by atoms with Gasteiger partial charge in [-0.3, -0.25) is 14.4 Å². The first-order valence-electron chi connectivity index (χ1n) is 9.50. The number of nitrogens with zero attached hydrogens (tertiary/aromatic N) is 1. The molecule has 1 aliphatic carbocycles. The summed E-state index contributed by atoms with van der Waals surface area (Å²) >= 11 is 0. The molecule has 2 bridgehead atoms. The van der Waals surface area contributed by atoms with Gasteiger partial charge in [-0.1, -0.05) is 20.8 Å². The quantitative estimate of drug-likeness (QED) is 0.828. The number of likely N-dealkylation sites (tertiary alicyclic amines) is 1. The number of hydrogen-bond acceptors (Lipinski definition) is 3. The van der Waals surface area contributed by atoms with E-state index in [0.717, 1.165) is 25.8 Å². The molecule has 2 N–H and O–H groups in total. The molecular formula is C21H28N2O4. The Morgan fingerprint density at radius 1 is 1.11 bits per heavy atom. The molecule has 2 unspecified atom stereocenters. The minimum atomic E-state index is -1.00. The van der Waals surface area contributed by atoms with E-state index in [1.165, 1.54) is 0 Å². The van der Waals surface area contributed by atoms with Crippen molar-refractivity contribution < 1.29 is 19.5 Å². The second kappa shape index (κ2) is 6.98. The van der Waals surface area contributed by atoms with Gasteiger partial charge in [-0.25, -0.2) is 0 Å². The number of carboxylic acid groups (broad SMARTS) is 1. The third-order valence-electron chi connectivity index (χ3n) is 5.66. The van der Waals surface area contributed by atoms with Crippen LogP contribution < -0.4 is 5.32 Å². The number of anilines is 1. The Hall–Kier alpha value is -2.37. The van der Waals surface area contributed by atoms with Crippen LogP contribution in [0, 0.1) is 10.8 Å². The first kappa shape index (κ1) is 19.4. The van der Waals surface area contributed by atoms with Crippen molar-refractivity contribution in [3.05, 3.63) is 29.8 Å². The summed E-state index contributed by atoms with van der Waals surface area (Å²) in [5.41, 5.74) is 1.64. The van der Waals surface area contributed by atoms with Gasteiger partial charge in [0.05, 0.1) is 6.42 Å². The van der Waals surface area contributed by atoms with Crippen molar-refractivity contribution in [3.63, 3.8) is 0 Å². The standard InChI is InChI=1S/C21H28N2O4/c1-20(2)10-16-11-21(3,12-20)13-23(16)19(27)14-4-6-15(7-5-14)22-17(24)8-9-18(25)26/h4-7,16H,8-13H2,1-3H3,(H,22,24)(H,25,26). The zero-order valence-electron chi connectivity index (χ0n) is 16.2. The molecule has 2 aliphatic rings. The Labute approximate surface area is 159 Å². The normalized spacial score (nSPS) is 25.9. The van der Waals surface area contributed by atoms with Gasteiger partial charge in [0.25, 0.3) is 5.91 Å². The van der Waals surface area contributed by atoms with Gasteiger partial charge in [-0.05, 0) is 54.4 Å². The fourth-order valence-corrected chi connectivity index (χ4v) is 5.00. The van der Waals surface area contributed by atoms with Crippen LogP contribution in [0.15, 0.2) is 24.3 Å². The fourth-order valence-electron chi connectivity index (χ4n) is 5.00. The van der Waals surface area contributed by atoms with Crippen molar-refractivity contribution in [1.29, 1.82) is 0 Å². The summed E-state index contributed by atoms with van der Waals surface area (Å²) < 4.78 is 0. The second-order valence-corrected chi connectivity index (χ2v) is 9.17. The molecule has 1 saturated carbocycles. The molecular weight excluding hydrogens is 344 g/mol. The Balaban J connectivity index is 1.65. The van der Waals surface area contributed by atoms with Gasteiger partial charge in [0, 0.05) is 30.3 Å². The molecule has 0 radical (unpaired) electrons. The number of carbonyl (C=O) groups is 3. The van der Waals surface area contributed by atoms with Crippen molar-refractivity contribution >= 4 is 23.5 Å². The van der Waals surface area contributed by atoms with Crippen LogP contribution in [0.4, 0.5) is 5.69 Å². The first-order valence-corrected chi connectivity index (χ1v) is 9.50. The third-order valence-corrected chi connectivity index (χ3v) is 5.66. The van der Waals surface area contributed by atoms with Crippen molar-refractivity contribution in [1.82, 2.24) is 4.90 Å². The molecule has 2 fully saturated rings. The number of aliphatic carboxylic acids is 1. The molecule has 2 atom stereocenters. The van der Waals surface area contributed by atoms with Gasteiger partial charge < -0.3 is 15.3 Å². The fraction of sp³-hybridized carbons (Fsp3) is 0.571. The monoisotopic (exact) mass is 372 g/mol. The smallest absolute Gasteiger partial charge is 0.303 e. The molecule has 6 heteroatoms. The third kappa shape index (κ3) is 4.49. The summed E-state index contributed by atoms with van der Waals surface area (Å²) in [6.07, 6.45) is 2.97. The van der Waals surface area contributed by atoms with Gasteiger partial charge in [-0.2, -0.15) is 0 Å². The number of amides is 2. The van der Waals surface area contributed by atoms with E-state index in [-0.39, 0.29) is 35.5 Å². The first-order chi connectivity index (χ1) is 12.6. The SMILES string of the molecule is CC1(C)CC2CC(C)(CN2C(=O)c2ccc(NC(=O)CCC(=O)O)cc2)C1. The molecule has 146 valence electrons. The highest BCUT2D eigenvalue weighted by Crippen LogP contribution is 2.52. The average molecular weight is 372 g/mol. The van der Waals surface area contributed by atoms with Gasteiger partial charge in [0.15, 0.2) is 0 Å². The second-order valence-electron chi connectivity index (χ2n) is 9.17.